The van der Waals surface area contributed by atoms with Gasteiger partial charge in [-0.1, -0.05) is 44.4 Å². The van der Waals surface area contributed by atoms with Crippen LogP contribution in [0.4, 0.5) is 4.39 Å². The van der Waals surface area contributed by atoms with Crippen LogP contribution >= 0.6 is 11.6 Å². The molecule has 20 heavy (non-hydrogen) atoms. The van der Waals surface area contributed by atoms with Gasteiger partial charge in [0.05, 0.1) is 5.02 Å². The van der Waals surface area contributed by atoms with Gasteiger partial charge in [-0.05, 0) is 48.3 Å². The highest BCUT2D eigenvalue weighted by molar-refractivity contribution is 6.30. The van der Waals surface area contributed by atoms with Crippen LogP contribution in [0.25, 0.3) is 0 Å². The zero-order valence-electron chi connectivity index (χ0n) is 12.5. The first-order valence-corrected chi connectivity index (χ1v) is 8.03. The van der Waals surface area contributed by atoms with Gasteiger partial charge in [0.25, 0.3) is 0 Å². The van der Waals surface area contributed by atoms with Crippen LogP contribution < -0.4 is 5.32 Å². The molecule has 0 radical (unpaired) electrons. The van der Waals surface area contributed by atoms with E-state index < -0.39 is 0 Å². The third kappa shape index (κ3) is 4.20. The van der Waals surface area contributed by atoms with Crippen LogP contribution in [-0.2, 0) is 6.54 Å². The lowest BCUT2D eigenvalue weighted by Crippen LogP contribution is -2.33. The molecule has 1 aromatic rings. The third-order valence-corrected chi connectivity index (χ3v) is 4.61. The third-order valence-electron chi connectivity index (χ3n) is 4.32. The van der Waals surface area contributed by atoms with Crippen LogP contribution in [0.5, 0.6) is 0 Å². The van der Waals surface area contributed by atoms with Crippen molar-refractivity contribution in [2.45, 2.75) is 52.5 Å². The molecule has 1 aliphatic carbocycles. The molecule has 0 saturated heterocycles. The number of benzene rings is 1. The van der Waals surface area contributed by atoms with Crippen LogP contribution in [0.1, 0.15) is 51.5 Å². The van der Waals surface area contributed by atoms with Gasteiger partial charge in [0.15, 0.2) is 0 Å². The van der Waals surface area contributed by atoms with Gasteiger partial charge in [0, 0.05) is 13.1 Å². The SMILES string of the molecule is CC(C)CC1(CNCc2ccc(F)c(Cl)c2)CCCC1. The molecule has 1 nitrogen and oxygen atoms in total. The highest BCUT2D eigenvalue weighted by atomic mass is 35.5. The van der Waals surface area contributed by atoms with E-state index in [1.54, 1.807) is 12.1 Å². The summed E-state index contributed by atoms with van der Waals surface area (Å²) in [6, 6.07) is 4.96. The summed E-state index contributed by atoms with van der Waals surface area (Å²) in [5.74, 6) is 0.401. The summed E-state index contributed by atoms with van der Waals surface area (Å²) in [7, 11) is 0. The summed E-state index contributed by atoms with van der Waals surface area (Å²) >= 11 is 5.81. The Morgan fingerprint density at radius 2 is 2.00 bits per heavy atom. The predicted octanol–water partition coefficient (Wildman–Crippen LogP) is 5.18. The van der Waals surface area contributed by atoms with Gasteiger partial charge < -0.3 is 5.32 Å². The molecular formula is C17H25ClFN. The Bertz CT molecular complexity index is 439. The van der Waals surface area contributed by atoms with Crippen molar-refractivity contribution in [1.29, 1.82) is 0 Å². The second-order valence-electron chi connectivity index (χ2n) is 6.66. The fraction of sp³-hybridized carbons (Fsp3) is 0.647. The Balaban J connectivity index is 1.88. The molecule has 0 unspecified atom stereocenters. The highest BCUT2D eigenvalue weighted by Crippen LogP contribution is 2.42. The zero-order chi connectivity index (χ0) is 14.6. The van der Waals surface area contributed by atoms with E-state index in [-0.39, 0.29) is 10.8 Å². The quantitative estimate of drug-likeness (QED) is 0.763. The van der Waals surface area contributed by atoms with Crippen LogP contribution in [0, 0.1) is 17.2 Å². The van der Waals surface area contributed by atoms with Gasteiger partial charge >= 0.3 is 0 Å². The number of rotatable bonds is 6. The number of hydrogen-bond acceptors (Lipinski definition) is 1. The van der Waals surface area contributed by atoms with Crippen molar-refractivity contribution in [3.63, 3.8) is 0 Å². The molecule has 0 amide bonds. The van der Waals surface area contributed by atoms with Gasteiger partial charge in [0.2, 0.25) is 0 Å². The molecule has 0 atom stereocenters. The Morgan fingerprint density at radius 1 is 1.30 bits per heavy atom. The predicted molar refractivity (Wildman–Crippen MR) is 83.5 cm³/mol. The van der Waals surface area contributed by atoms with E-state index in [1.165, 1.54) is 38.2 Å². The van der Waals surface area contributed by atoms with E-state index >= 15 is 0 Å². The van der Waals surface area contributed by atoms with E-state index in [4.69, 9.17) is 11.6 Å². The standard InChI is InChI=1S/C17H25ClFN/c1-13(2)10-17(7-3-4-8-17)12-20-11-14-5-6-16(19)15(18)9-14/h5-6,9,13,20H,3-4,7-8,10-12H2,1-2H3. The first-order chi connectivity index (χ1) is 9.51. The largest absolute Gasteiger partial charge is 0.312 e. The van der Waals surface area contributed by atoms with Crippen LogP contribution in [0.15, 0.2) is 18.2 Å². The second kappa shape index (κ2) is 6.91. The van der Waals surface area contributed by atoms with Gasteiger partial charge in [-0.3, -0.25) is 0 Å². The Hall–Kier alpha value is -0.600. The number of hydrogen-bond donors (Lipinski definition) is 1. The van der Waals surface area contributed by atoms with Crippen molar-refractivity contribution in [3.8, 4) is 0 Å². The molecule has 1 aliphatic rings. The fourth-order valence-electron chi connectivity index (χ4n) is 3.57. The Labute approximate surface area is 126 Å². The van der Waals surface area contributed by atoms with Gasteiger partial charge in [0.1, 0.15) is 5.82 Å². The lowest BCUT2D eigenvalue weighted by atomic mass is 9.78. The molecule has 0 spiro atoms. The monoisotopic (exact) mass is 297 g/mol. The zero-order valence-corrected chi connectivity index (χ0v) is 13.3. The summed E-state index contributed by atoms with van der Waals surface area (Å²) in [5.41, 5.74) is 1.52. The molecule has 2 rings (SSSR count). The molecule has 3 heteroatoms. The first-order valence-electron chi connectivity index (χ1n) is 7.65. The lowest BCUT2D eigenvalue weighted by Gasteiger charge is -2.31. The van der Waals surface area contributed by atoms with Crippen molar-refractivity contribution in [1.82, 2.24) is 5.32 Å². The maximum atomic E-state index is 13.1. The summed E-state index contributed by atoms with van der Waals surface area (Å²) < 4.78 is 13.1. The van der Waals surface area contributed by atoms with Gasteiger partial charge in [-0.15, -0.1) is 0 Å². The minimum absolute atomic E-state index is 0.210. The van der Waals surface area contributed by atoms with E-state index in [9.17, 15) is 4.39 Å². The minimum Gasteiger partial charge on any atom is -0.312 e. The van der Waals surface area contributed by atoms with Gasteiger partial charge in [-0.25, -0.2) is 4.39 Å². The molecule has 112 valence electrons. The van der Waals surface area contributed by atoms with Crippen molar-refractivity contribution in [2.75, 3.05) is 6.54 Å². The molecule has 0 heterocycles. The van der Waals surface area contributed by atoms with Crippen molar-refractivity contribution in [2.24, 2.45) is 11.3 Å². The smallest absolute Gasteiger partial charge is 0.141 e. The number of nitrogens with one attached hydrogen (secondary N) is 1. The maximum absolute atomic E-state index is 13.1. The Morgan fingerprint density at radius 3 is 2.60 bits per heavy atom. The van der Waals surface area contributed by atoms with E-state index in [2.05, 4.69) is 19.2 Å². The Kier molecular flexibility index (Phi) is 5.45. The molecule has 1 fully saturated rings. The average molecular weight is 298 g/mol. The topological polar surface area (TPSA) is 12.0 Å². The van der Waals surface area contributed by atoms with Crippen LogP contribution in [0.3, 0.4) is 0 Å². The average Bonchev–Trinajstić information content (AvgIpc) is 2.81. The summed E-state index contributed by atoms with van der Waals surface area (Å²) in [6.07, 6.45) is 6.68. The fourth-order valence-corrected chi connectivity index (χ4v) is 3.77. The van der Waals surface area contributed by atoms with Gasteiger partial charge in [-0.2, -0.15) is 0 Å². The van der Waals surface area contributed by atoms with Crippen LogP contribution in [-0.4, -0.2) is 6.54 Å². The second-order valence-corrected chi connectivity index (χ2v) is 7.06. The summed E-state index contributed by atoms with van der Waals surface area (Å²) in [6.45, 7) is 6.43. The normalized spacial score (nSPS) is 17.9. The number of halogens is 2. The van der Waals surface area contributed by atoms with E-state index in [0.29, 0.717) is 5.41 Å². The maximum Gasteiger partial charge on any atom is 0.141 e. The van der Waals surface area contributed by atoms with Crippen molar-refractivity contribution < 1.29 is 4.39 Å². The van der Waals surface area contributed by atoms with E-state index in [0.717, 1.165) is 24.6 Å². The summed E-state index contributed by atoms with van der Waals surface area (Å²) in [5, 5.41) is 3.77. The molecule has 0 aromatic heterocycles. The highest BCUT2D eigenvalue weighted by Gasteiger charge is 2.33. The molecular weight excluding hydrogens is 273 g/mol. The minimum atomic E-state index is -0.345. The van der Waals surface area contributed by atoms with Crippen LogP contribution in [0.2, 0.25) is 5.02 Å². The van der Waals surface area contributed by atoms with E-state index in [1.807, 2.05) is 0 Å². The first kappa shape index (κ1) is 15.8. The molecule has 0 aliphatic heterocycles. The molecule has 0 bridgehead atoms. The van der Waals surface area contributed by atoms with Crippen molar-refractivity contribution >= 4 is 11.6 Å². The lowest BCUT2D eigenvalue weighted by molar-refractivity contribution is 0.223. The molecule has 1 aromatic carbocycles. The summed E-state index contributed by atoms with van der Waals surface area (Å²) in [4.78, 5) is 0. The van der Waals surface area contributed by atoms with Crippen molar-refractivity contribution in [3.05, 3.63) is 34.6 Å². The molecule has 1 N–H and O–H groups in total. The molecule has 1 saturated carbocycles.